The van der Waals surface area contributed by atoms with Crippen LogP contribution in [0.5, 0.6) is 0 Å². The van der Waals surface area contributed by atoms with Crippen LogP contribution in [0.4, 0.5) is 5.13 Å². The number of nitrogens with one attached hydrogen (secondary N) is 1. The van der Waals surface area contributed by atoms with Gasteiger partial charge in [0.15, 0.2) is 5.13 Å². The number of fused-ring (bicyclic) bond motifs is 1. The van der Waals surface area contributed by atoms with E-state index in [0.29, 0.717) is 6.54 Å². The third kappa shape index (κ3) is 4.41. The summed E-state index contributed by atoms with van der Waals surface area (Å²) < 4.78 is 6.65. The number of benzene rings is 2. The van der Waals surface area contributed by atoms with Crippen molar-refractivity contribution in [3.8, 4) is 0 Å². The summed E-state index contributed by atoms with van der Waals surface area (Å²) in [5, 5.41) is 0.788. The molecule has 30 heavy (non-hydrogen) atoms. The van der Waals surface area contributed by atoms with Crippen LogP contribution in [0.25, 0.3) is 10.2 Å². The van der Waals surface area contributed by atoms with Crippen LogP contribution in [0.2, 0.25) is 0 Å². The zero-order chi connectivity index (χ0) is 21.3. The Morgan fingerprint density at radius 1 is 1.07 bits per heavy atom. The van der Waals surface area contributed by atoms with Gasteiger partial charge in [-0.2, -0.15) is 0 Å². The fraction of sp³-hybridized carbons (Fsp3) is 0.417. The number of nitrogens with zero attached hydrogens (tertiary/aromatic N) is 2. The molecule has 158 valence electrons. The fourth-order valence-corrected chi connectivity index (χ4v) is 5.18. The van der Waals surface area contributed by atoms with Crippen LogP contribution in [-0.2, 0) is 4.74 Å². The highest BCUT2D eigenvalue weighted by Crippen LogP contribution is 2.33. The van der Waals surface area contributed by atoms with E-state index >= 15 is 0 Å². The van der Waals surface area contributed by atoms with Gasteiger partial charge < -0.3 is 9.64 Å². The average Bonchev–Trinajstić information content (AvgIpc) is 3.13. The predicted molar refractivity (Wildman–Crippen MR) is 123 cm³/mol. The van der Waals surface area contributed by atoms with Crippen LogP contribution >= 0.6 is 11.3 Å². The van der Waals surface area contributed by atoms with Gasteiger partial charge in [-0.15, -0.1) is 0 Å². The van der Waals surface area contributed by atoms with E-state index in [1.54, 1.807) is 11.3 Å². The van der Waals surface area contributed by atoms with E-state index in [4.69, 9.17) is 9.72 Å². The molecule has 2 aromatic carbocycles. The maximum atomic E-state index is 13.6. The zero-order valence-corrected chi connectivity index (χ0v) is 19.1. The highest BCUT2D eigenvalue weighted by atomic mass is 32.1. The maximum absolute atomic E-state index is 13.6. The number of anilines is 1. The molecule has 1 fully saturated rings. The van der Waals surface area contributed by atoms with Crippen molar-refractivity contribution >= 4 is 32.6 Å². The molecule has 0 unspecified atom stereocenters. The lowest BCUT2D eigenvalue weighted by Gasteiger charge is -2.27. The maximum Gasteiger partial charge on any atom is 0.260 e. The van der Waals surface area contributed by atoms with Gasteiger partial charge in [0.1, 0.15) is 13.1 Å². The van der Waals surface area contributed by atoms with Crippen LogP contribution in [0, 0.1) is 27.7 Å². The number of morpholine rings is 1. The minimum absolute atomic E-state index is 0.0357. The highest BCUT2D eigenvalue weighted by Gasteiger charge is 2.25. The molecule has 0 bridgehead atoms. The van der Waals surface area contributed by atoms with E-state index in [2.05, 4.69) is 39.0 Å². The molecule has 1 saturated heterocycles. The van der Waals surface area contributed by atoms with E-state index in [-0.39, 0.29) is 5.91 Å². The molecule has 2 heterocycles. The lowest BCUT2D eigenvalue weighted by Crippen LogP contribution is -3.14. The molecule has 1 aliphatic rings. The van der Waals surface area contributed by atoms with E-state index in [0.717, 1.165) is 59.3 Å². The van der Waals surface area contributed by atoms with E-state index in [1.165, 1.54) is 21.6 Å². The lowest BCUT2D eigenvalue weighted by molar-refractivity contribution is -0.906. The Morgan fingerprint density at radius 3 is 2.53 bits per heavy atom. The van der Waals surface area contributed by atoms with Crippen LogP contribution in [0.15, 0.2) is 30.3 Å². The summed E-state index contributed by atoms with van der Waals surface area (Å²) in [4.78, 5) is 21.9. The number of quaternary nitrogens is 1. The summed E-state index contributed by atoms with van der Waals surface area (Å²) in [7, 11) is 0. The van der Waals surface area contributed by atoms with Crippen LogP contribution in [0.3, 0.4) is 0 Å². The number of hydrogen-bond donors (Lipinski definition) is 1. The summed E-state index contributed by atoms with van der Waals surface area (Å²) in [5.41, 5.74) is 6.32. The van der Waals surface area contributed by atoms with Crippen molar-refractivity contribution in [3.05, 3.63) is 58.1 Å². The third-order valence-electron chi connectivity index (χ3n) is 5.79. The van der Waals surface area contributed by atoms with E-state index < -0.39 is 0 Å². The second-order valence-electron chi connectivity index (χ2n) is 8.31. The molecular weight excluding hydrogens is 394 g/mol. The quantitative estimate of drug-likeness (QED) is 0.685. The minimum atomic E-state index is 0.0357. The summed E-state index contributed by atoms with van der Waals surface area (Å²) in [6, 6.07) is 10.3. The Hall–Kier alpha value is -2.28. The first-order chi connectivity index (χ1) is 14.4. The number of rotatable bonds is 5. The second-order valence-corrected chi connectivity index (χ2v) is 9.29. The molecule has 0 radical (unpaired) electrons. The summed E-state index contributed by atoms with van der Waals surface area (Å²) >= 11 is 1.62. The Morgan fingerprint density at radius 2 is 1.80 bits per heavy atom. The van der Waals surface area contributed by atoms with Crippen molar-refractivity contribution in [3.63, 3.8) is 0 Å². The van der Waals surface area contributed by atoms with Gasteiger partial charge in [0.2, 0.25) is 0 Å². The Balaban J connectivity index is 1.69. The van der Waals surface area contributed by atoms with E-state index in [9.17, 15) is 4.79 Å². The number of hydrogen-bond acceptors (Lipinski definition) is 4. The predicted octanol–water partition coefficient (Wildman–Crippen LogP) is 3.09. The normalized spacial score (nSPS) is 14.9. The first-order valence-corrected chi connectivity index (χ1v) is 11.4. The summed E-state index contributed by atoms with van der Waals surface area (Å²) in [5.74, 6) is 0.0357. The van der Waals surface area contributed by atoms with Gasteiger partial charge in [0.25, 0.3) is 5.91 Å². The number of carbonyl (C=O) groups is 1. The third-order valence-corrected chi connectivity index (χ3v) is 7.02. The van der Waals surface area contributed by atoms with E-state index in [1.807, 2.05) is 24.0 Å². The van der Waals surface area contributed by atoms with Gasteiger partial charge in [-0.25, -0.2) is 4.98 Å². The second kappa shape index (κ2) is 8.84. The largest absolute Gasteiger partial charge is 0.370 e. The Bertz CT molecular complexity index is 1070. The fourth-order valence-electron chi connectivity index (χ4n) is 4.14. The van der Waals surface area contributed by atoms with Gasteiger partial charge in [-0.1, -0.05) is 35.1 Å². The molecule has 1 aromatic heterocycles. The molecular formula is C24H30N3O2S+. The first-order valence-electron chi connectivity index (χ1n) is 10.6. The molecule has 1 amide bonds. The number of aromatic nitrogens is 1. The van der Waals surface area contributed by atoms with Crippen molar-refractivity contribution in [2.75, 3.05) is 44.3 Å². The molecule has 5 nitrogen and oxygen atoms in total. The highest BCUT2D eigenvalue weighted by molar-refractivity contribution is 7.22. The molecule has 1 N–H and O–H groups in total. The minimum Gasteiger partial charge on any atom is -0.370 e. The van der Waals surface area contributed by atoms with Crippen LogP contribution < -0.4 is 9.80 Å². The summed E-state index contributed by atoms with van der Waals surface area (Å²) in [6.07, 6.45) is 0. The Labute approximate surface area is 182 Å². The standard InChI is InChI=1S/C24H29N3O2S/c1-16-5-6-20(18(3)13-16)23(28)27(8-7-26-9-11-29-12-10-26)24-25-21-15-17(2)14-19(4)22(21)30-24/h5-6,13-15H,7-12H2,1-4H3/p+1. The number of thiazole rings is 1. The topological polar surface area (TPSA) is 46.9 Å². The molecule has 1 aliphatic heterocycles. The number of amides is 1. The molecule has 4 rings (SSSR count). The average molecular weight is 425 g/mol. The smallest absolute Gasteiger partial charge is 0.260 e. The number of aryl methyl sites for hydroxylation is 4. The number of carbonyl (C=O) groups excluding carboxylic acids is 1. The van der Waals surface area contributed by atoms with Crippen molar-refractivity contribution in [1.29, 1.82) is 0 Å². The van der Waals surface area contributed by atoms with Crippen molar-refractivity contribution in [1.82, 2.24) is 4.98 Å². The molecule has 3 aromatic rings. The first kappa shape index (κ1) is 21.0. The van der Waals surface area contributed by atoms with Crippen molar-refractivity contribution in [2.45, 2.75) is 27.7 Å². The Kier molecular flexibility index (Phi) is 6.18. The van der Waals surface area contributed by atoms with Crippen LogP contribution in [-0.4, -0.2) is 50.3 Å². The SMILES string of the molecule is Cc1ccc(C(=O)N(CC[NH+]2CCOCC2)c2nc3cc(C)cc(C)c3s2)c(C)c1. The number of ether oxygens (including phenoxy) is 1. The van der Waals surface area contributed by atoms with Crippen molar-refractivity contribution < 1.29 is 14.4 Å². The van der Waals surface area contributed by atoms with Gasteiger partial charge in [0, 0.05) is 5.56 Å². The molecule has 0 atom stereocenters. The molecule has 0 aliphatic carbocycles. The van der Waals surface area contributed by atoms with Gasteiger partial charge in [-0.05, 0) is 56.5 Å². The van der Waals surface area contributed by atoms with Gasteiger partial charge >= 0.3 is 0 Å². The van der Waals surface area contributed by atoms with Gasteiger partial charge in [-0.3, -0.25) is 9.69 Å². The van der Waals surface area contributed by atoms with Gasteiger partial charge in [0.05, 0.1) is 36.5 Å². The lowest BCUT2D eigenvalue weighted by atomic mass is 10.0. The molecule has 0 saturated carbocycles. The zero-order valence-electron chi connectivity index (χ0n) is 18.2. The van der Waals surface area contributed by atoms with Crippen LogP contribution in [0.1, 0.15) is 32.6 Å². The van der Waals surface area contributed by atoms with Crippen molar-refractivity contribution in [2.24, 2.45) is 0 Å². The monoisotopic (exact) mass is 424 g/mol. The summed E-state index contributed by atoms with van der Waals surface area (Å²) in [6.45, 7) is 13.4. The molecule has 0 spiro atoms. The molecule has 6 heteroatoms.